The van der Waals surface area contributed by atoms with Crippen molar-refractivity contribution in [3.05, 3.63) is 24.2 Å². The average Bonchev–Trinajstić information content (AvgIpc) is 3.04. The van der Waals surface area contributed by atoms with Gasteiger partial charge in [-0.1, -0.05) is 6.92 Å². The third-order valence-electron chi connectivity index (χ3n) is 4.38. The predicted octanol–water partition coefficient (Wildman–Crippen LogP) is 2.87. The Labute approximate surface area is 120 Å². The third-order valence-corrected chi connectivity index (χ3v) is 4.38. The summed E-state index contributed by atoms with van der Waals surface area (Å²) in [5, 5.41) is 0. The maximum atomic E-state index is 4.73. The second-order valence-electron chi connectivity index (χ2n) is 5.97. The number of rotatable bonds is 4. The van der Waals surface area contributed by atoms with Gasteiger partial charge in [0.05, 0.1) is 0 Å². The second-order valence-corrected chi connectivity index (χ2v) is 5.97. The SMILES string of the molecule is CCc1nc2cccnc2n1CC1CCCN1C(C)C. The number of imidazole rings is 1. The predicted molar refractivity (Wildman–Crippen MR) is 81.8 cm³/mol. The van der Waals surface area contributed by atoms with Gasteiger partial charge in [-0.3, -0.25) is 4.90 Å². The molecule has 0 saturated carbocycles. The van der Waals surface area contributed by atoms with Crippen molar-refractivity contribution in [2.45, 2.75) is 58.7 Å². The van der Waals surface area contributed by atoms with Crippen molar-refractivity contribution in [3.63, 3.8) is 0 Å². The summed E-state index contributed by atoms with van der Waals surface area (Å²) in [6, 6.07) is 5.28. The number of fused-ring (bicyclic) bond motifs is 1. The summed E-state index contributed by atoms with van der Waals surface area (Å²) in [4.78, 5) is 11.9. The maximum Gasteiger partial charge on any atom is 0.160 e. The zero-order valence-corrected chi connectivity index (χ0v) is 12.7. The van der Waals surface area contributed by atoms with E-state index in [-0.39, 0.29) is 0 Å². The minimum Gasteiger partial charge on any atom is -0.311 e. The first kappa shape index (κ1) is 13.6. The van der Waals surface area contributed by atoms with Crippen LogP contribution in [0, 0.1) is 0 Å². The van der Waals surface area contributed by atoms with Crippen LogP contribution in [0.5, 0.6) is 0 Å². The van der Waals surface area contributed by atoms with Crippen LogP contribution in [0.15, 0.2) is 18.3 Å². The monoisotopic (exact) mass is 272 g/mol. The molecule has 3 heterocycles. The molecule has 0 N–H and O–H groups in total. The molecule has 0 amide bonds. The molecule has 1 atom stereocenters. The minimum atomic E-state index is 0.621. The van der Waals surface area contributed by atoms with Gasteiger partial charge in [-0.2, -0.15) is 0 Å². The highest BCUT2D eigenvalue weighted by molar-refractivity contribution is 5.71. The molecule has 0 aromatic carbocycles. The molecule has 4 heteroatoms. The summed E-state index contributed by atoms with van der Waals surface area (Å²) in [5.74, 6) is 1.16. The lowest BCUT2D eigenvalue weighted by molar-refractivity contribution is 0.187. The van der Waals surface area contributed by atoms with Crippen molar-refractivity contribution in [3.8, 4) is 0 Å². The largest absolute Gasteiger partial charge is 0.311 e. The standard InChI is InChI=1S/C16H24N4/c1-4-15-18-14-8-5-9-17-16(14)20(15)11-13-7-6-10-19(13)12(2)3/h5,8-9,12-13H,4,6-7,10-11H2,1-3H3. The van der Waals surface area contributed by atoms with E-state index in [0.29, 0.717) is 12.1 Å². The van der Waals surface area contributed by atoms with Crippen LogP contribution >= 0.6 is 0 Å². The first-order valence-corrected chi connectivity index (χ1v) is 7.76. The summed E-state index contributed by atoms with van der Waals surface area (Å²) in [5.41, 5.74) is 2.07. The topological polar surface area (TPSA) is 34.0 Å². The van der Waals surface area contributed by atoms with Crippen molar-refractivity contribution >= 4 is 11.2 Å². The van der Waals surface area contributed by atoms with Crippen LogP contribution in [0.4, 0.5) is 0 Å². The molecule has 1 fully saturated rings. The summed E-state index contributed by atoms with van der Waals surface area (Å²) < 4.78 is 2.33. The number of likely N-dealkylation sites (tertiary alicyclic amines) is 1. The number of aryl methyl sites for hydroxylation is 1. The zero-order valence-electron chi connectivity index (χ0n) is 12.7. The summed E-state index contributed by atoms with van der Waals surface area (Å²) in [7, 11) is 0. The minimum absolute atomic E-state index is 0.621. The van der Waals surface area contributed by atoms with E-state index < -0.39 is 0 Å². The van der Waals surface area contributed by atoms with E-state index in [2.05, 4.69) is 41.3 Å². The fourth-order valence-corrected chi connectivity index (χ4v) is 3.41. The molecule has 108 valence electrons. The fourth-order valence-electron chi connectivity index (χ4n) is 3.41. The van der Waals surface area contributed by atoms with Crippen molar-refractivity contribution in [2.75, 3.05) is 6.54 Å². The molecule has 2 aromatic rings. The van der Waals surface area contributed by atoms with Gasteiger partial charge in [-0.05, 0) is 45.4 Å². The highest BCUT2D eigenvalue weighted by atomic mass is 15.2. The van der Waals surface area contributed by atoms with Gasteiger partial charge in [-0.25, -0.2) is 9.97 Å². The lowest BCUT2D eigenvalue weighted by atomic mass is 10.2. The molecular formula is C16H24N4. The Morgan fingerprint density at radius 3 is 3.00 bits per heavy atom. The van der Waals surface area contributed by atoms with Crippen LogP contribution in [-0.2, 0) is 13.0 Å². The van der Waals surface area contributed by atoms with Crippen molar-refractivity contribution in [1.82, 2.24) is 19.4 Å². The molecule has 1 unspecified atom stereocenters. The highest BCUT2D eigenvalue weighted by Crippen LogP contribution is 2.24. The van der Waals surface area contributed by atoms with E-state index in [9.17, 15) is 0 Å². The van der Waals surface area contributed by atoms with E-state index in [1.165, 1.54) is 19.4 Å². The lowest BCUT2D eigenvalue weighted by Gasteiger charge is -2.29. The van der Waals surface area contributed by atoms with E-state index in [1.807, 2.05) is 12.3 Å². The van der Waals surface area contributed by atoms with Gasteiger partial charge in [0.15, 0.2) is 5.65 Å². The van der Waals surface area contributed by atoms with Gasteiger partial charge in [0.25, 0.3) is 0 Å². The van der Waals surface area contributed by atoms with Crippen molar-refractivity contribution in [2.24, 2.45) is 0 Å². The van der Waals surface area contributed by atoms with Gasteiger partial charge in [0, 0.05) is 31.2 Å². The molecule has 0 bridgehead atoms. The van der Waals surface area contributed by atoms with Crippen LogP contribution in [0.1, 0.15) is 39.4 Å². The van der Waals surface area contributed by atoms with Crippen LogP contribution in [0.25, 0.3) is 11.2 Å². The molecule has 4 nitrogen and oxygen atoms in total. The van der Waals surface area contributed by atoms with Crippen LogP contribution in [-0.4, -0.2) is 38.1 Å². The molecule has 0 spiro atoms. The van der Waals surface area contributed by atoms with Gasteiger partial charge in [0.1, 0.15) is 11.3 Å². The Morgan fingerprint density at radius 1 is 1.40 bits per heavy atom. The van der Waals surface area contributed by atoms with Gasteiger partial charge < -0.3 is 4.57 Å². The van der Waals surface area contributed by atoms with Crippen molar-refractivity contribution < 1.29 is 0 Å². The second kappa shape index (κ2) is 5.52. The number of pyridine rings is 1. The van der Waals surface area contributed by atoms with E-state index >= 15 is 0 Å². The normalized spacial score (nSPS) is 20.3. The van der Waals surface area contributed by atoms with Crippen LogP contribution in [0.3, 0.4) is 0 Å². The summed E-state index contributed by atoms with van der Waals surface area (Å²) >= 11 is 0. The molecule has 1 saturated heterocycles. The average molecular weight is 272 g/mol. The van der Waals surface area contributed by atoms with Gasteiger partial charge >= 0.3 is 0 Å². The lowest BCUT2D eigenvalue weighted by Crippen LogP contribution is -2.38. The zero-order chi connectivity index (χ0) is 14.1. The maximum absolute atomic E-state index is 4.73. The Balaban J connectivity index is 1.93. The van der Waals surface area contributed by atoms with E-state index in [1.54, 1.807) is 0 Å². The molecule has 1 aliphatic heterocycles. The van der Waals surface area contributed by atoms with Gasteiger partial charge in [0.2, 0.25) is 0 Å². The molecule has 0 aliphatic carbocycles. The van der Waals surface area contributed by atoms with E-state index in [4.69, 9.17) is 4.98 Å². The first-order valence-electron chi connectivity index (χ1n) is 7.76. The summed E-state index contributed by atoms with van der Waals surface area (Å²) in [6.07, 6.45) is 5.43. The third kappa shape index (κ3) is 2.33. The Hall–Kier alpha value is -1.42. The number of hydrogen-bond donors (Lipinski definition) is 0. The molecule has 3 rings (SSSR count). The smallest absolute Gasteiger partial charge is 0.160 e. The van der Waals surface area contributed by atoms with Crippen molar-refractivity contribution in [1.29, 1.82) is 0 Å². The number of aromatic nitrogens is 3. The molecule has 2 aromatic heterocycles. The first-order chi connectivity index (χ1) is 9.70. The molecule has 1 aliphatic rings. The Kier molecular flexibility index (Phi) is 3.74. The number of hydrogen-bond acceptors (Lipinski definition) is 3. The quantitative estimate of drug-likeness (QED) is 0.858. The Bertz CT molecular complexity index is 587. The molecule has 20 heavy (non-hydrogen) atoms. The number of nitrogens with zero attached hydrogens (tertiary/aromatic N) is 4. The highest BCUT2D eigenvalue weighted by Gasteiger charge is 2.27. The van der Waals surface area contributed by atoms with Gasteiger partial charge in [-0.15, -0.1) is 0 Å². The van der Waals surface area contributed by atoms with Crippen LogP contribution < -0.4 is 0 Å². The van der Waals surface area contributed by atoms with Crippen LogP contribution in [0.2, 0.25) is 0 Å². The summed E-state index contributed by atoms with van der Waals surface area (Å²) in [6.45, 7) is 9.01. The van der Waals surface area contributed by atoms with E-state index in [0.717, 1.165) is 30.0 Å². The molecular weight excluding hydrogens is 248 g/mol. The molecule has 0 radical (unpaired) electrons. The Morgan fingerprint density at radius 2 is 2.25 bits per heavy atom. The fraction of sp³-hybridized carbons (Fsp3) is 0.625.